The molecule has 2 rings (SSSR count). The minimum atomic E-state index is 0.833. The molecule has 0 aromatic rings. The van der Waals surface area contributed by atoms with Crippen molar-refractivity contribution in [2.45, 2.75) is 82.4 Å². The Morgan fingerprint density at radius 2 is 1.35 bits per heavy atom. The van der Waals surface area contributed by atoms with Gasteiger partial charge in [-0.15, -0.1) is 0 Å². The van der Waals surface area contributed by atoms with Gasteiger partial charge in [0.05, 0.1) is 0 Å². The van der Waals surface area contributed by atoms with Crippen LogP contribution >= 0.6 is 15.9 Å². The van der Waals surface area contributed by atoms with E-state index in [9.17, 15) is 0 Å². The van der Waals surface area contributed by atoms with Gasteiger partial charge in [0.15, 0.2) is 0 Å². The molecule has 0 aromatic heterocycles. The van der Waals surface area contributed by atoms with Crippen LogP contribution in [0.3, 0.4) is 0 Å². The maximum Gasteiger partial charge on any atom is 0.0146 e. The molecule has 0 nitrogen and oxygen atoms in total. The Morgan fingerprint density at radius 3 is 1.88 bits per heavy atom. The highest BCUT2D eigenvalue weighted by Gasteiger charge is 2.29. The van der Waals surface area contributed by atoms with Crippen molar-refractivity contribution in [3.05, 3.63) is 0 Å². The molecule has 0 amide bonds. The molecule has 2 fully saturated rings. The predicted molar refractivity (Wildman–Crippen MR) is 79.6 cm³/mol. The first-order chi connectivity index (χ1) is 8.29. The van der Waals surface area contributed by atoms with E-state index >= 15 is 0 Å². The van der Waals surface area contributed by atoms with Crippen LogP contribution in [0.1, 0.15) is 77.6 Å². The van der Waals surface area contributed by atoms with Crippen molar-refractivity contribution in [1.29, 1.82) is 0 Å². The van der Waals surface area contributed by atoms with E-state index < -0.39 is 0 Å². The van der Waals surface area contributed by atoms with Crippen molar-refractivity contribution in [2.24, 2.45) is 17.8 Å². The Kier molecular flexibility index (Phi) is 5.86. The maximum absolute atomic E-state index is 3.78. The topological polar surface area (TPSA) is 0 Å². The second-order valence-corrected chi connectivity index (χ2v) is 7.73. The number of unbranched alkanes of at least 4 members (excludes halogenated alkanes) is 1. The van der Waals surface area contributed by atoms with Crippen LogP contribution in [0.25, 0.3) is 0 Å². The van der Waals surface area contributed by atoms with Crippen molar-refractivity contribution in [1.82, 2.24) is 0 Å². The Balaban J connectivity index is 1.68. The Morgan fingerprint density at radius 1 is 0.824 bits per heavy atom. The molecule has 2 saturated carbocycles. The van der Waals surface area contributed by atoms with Crippen molar-refractivity contribution in [2.75, 3.05) is 0 Å². The lowest BCUT2D eigenvalue weighted by Crippen LogP contribution is -2.25. The van der Waals surface area contributed by atoms with E-state index in [0.29, 0.717) is 0 Å². The number of hydrogen-bond donors (Lipinski definition) is 0. The van der Waals surface area contributed by atoms with Gasteiger partial charge in [0.1, 0.15) is 0 Å². The fraction of sp³-hybridized carbons (Fsp3) is 1.00. The largest absolute Gasteiger partial charge is 0.0891 e. The summed E-state index contributed by atoms with van der Waals surface area (Å²) in [5.41, 5.74) is 0. The molecule has 0 N–H and O–H groups in total. The summed E-state index contributed by atoms with van der Waals surface area (Å²) < 4.78 is 0. The summed E-state index contributed by atoms with van der Waals surface area (Å²) in [6.45, 7) is 2.32. The Hall–Kier alpha value is 0.480. The van der Waals surface area contributed by atoms with E-state index in [-0.39, 0.29) is 0 Å². The first-order valence-corrected chi connectivity index (χ1v) is 8.85. The van der Waals surface area contributed by atoms with Crippen LogP contribution in [0.2, 0.25) is 0 Å². The molecule has 0 aromatic carbocycles. The van der Waals surface area contributed by atoms with Crippen LogP contribution in [-0.4, -0.2) is 4.83 Å². The van der Waals surface area contributed by atoms with Crippen molar-refractivity contribution in [3.8, 4) is 0 Å². The summed E-state index contributed by atoms with van der Waals surface area (Å²) >= 11 is 3.78. The monoisotopic (exact) mass is 300 g/mol. The van der Waals surface area contributed by atoms with Crippen LogP contribution in [0, 0.1) is 17.8 Å². The molecule has 2 aliphatic rings. The fourth-order valence-electron chi connectivity index (χ4n) is 3.99. The molecule has 0 spiro atoms. The summed E-state index contributed by atoms with van der Waals surface area (Å²) in [6, 6.07) is 0. The normalized spacial score (nSPS) is 39.2. The smallest absolute Gasteiger partial charge is 0.0146 e. The molecule has 0 aliphatic heterocycles. The zero-order valence-corrected chi connectivity index (χ0v) is 13.1. The molecule has 0 bridgehead atoms. The molecular weight excluding hydrogens is 272 g/mol. The molecule has 0 atom stereocenters. The number of alkyl halides is 1. The zero-order valence-electron chi connectivity index (χ0n) is 11.5. The molecule has 0 unspecified atom stereocenters. The molecule has 0 heterocycles. The Labute approximate surface area is 116 Å². The van der Waals surface area contributed by atoms with E-state index in [4.69, 9.17) is 0 Å². The van der Waals surface area contributed by atoms with Crippen LogP contribution < -0.4 is 0 Å². The van der Waals surface area contributed by atoms with Gasteiger partial charge in [-0.3, -0.25) is 0 Å². The minimum Gasteiger partial charge on any atom is -0.0891 e. The second-order valence-electron chi connectivity index (χ2n) is 6.44. The molecule has 100 valence electrons. The summed E-state index contributed by atoms with van der Waals surface area (Å²) in [7, 11) is 0. The Bertz CT molecular complexity index is 198. The molecule has 17 heavy (non-hydrogen) atoms. The summed E-state index contributed by atoms with van der Waals surface area (Å²) in [4.78, 5) is 0.833. The van der Waals surface area contributed by atoms with Gasteiger partial charge >= 0.3 is 0 Å². The lowest BCUT2D eigenvalue weighted by atomic mass is 9.70. The van der Waals surface area contributed by atoms with Gasteiger partial charge in [-0.2, -0.15) is 0 Å². The van der Waals surface area contributed by atoms with Crippen LogP contribution in [-0.2, 0) is 0 Å². The van der Waals surface area contributed by atoms with Gasteiger partial charge in [-0.1, -0.05) is 55.0 Å². The molecule has 0 radical (unpaired) electrons. The van der Waals surface area contributed by atoms with E-state index in [2.05, 4.69) is 22.9 Å². The first kappa shape index (κ1) is 13.9. The first-order valence-electron chi connectivity index (χ1n) is 7.93. The summed E-state index contributed by atoms with van der Waals surface area (Å²) in [5.74, 6) is 3.25. The standard InChI is InChI=1S/C16H29Br/c1-2-3-4-13-5-7-14(8-6-13)15-9-11-16(17)12-10-15/h13-16H,2-12H2,1H3/t13?,14?,15-,16-. The predicted octanol–water partition coefficient (Wildman–Crippen LogP) is 5.94. The van der Waals surface area contributed by atoms with Gasteiger partial charge in [0, 0.05) is 4.83 Å². The number of hydrogen-bond acceptors (Lipinski definition) is 0. The third kappa shape index (κ3) is 4.26. The van der Waals surface area contributed by atoms with Gasteiger partial charge in [0.25, 0.3) is 0 Å². The summed E-state index contributed by atoms with van der Waals surface area (Å²) in [6.07, 6.45) is 16.4. The zero-order chi connectivity index (χ0) is 12.1. The van der Waals surface area contributed by atoms with E-state index in [1.54, 1.807) is 25.7 Å². The van der Waals surface area contributed by atoms with Crippen LogP contribution in [0.4, 0.5) is 0 Å². The lowest BCUT2D eigenvalue weighted by Gasteiger charge is -2.37. The average molecular weight is 301 g/mol. The fourth-order valence-corrected chi connectivity index (χ4v) is 4.52. The van der Waals surface area contributed by atoms with Crippen molar-refractivity contribution in [3.63, 3.8) is 0 Å². The third-order valence-electron chi connectivity index (χ3n) is 5.23. The van der Waals surface area contributed by atoms with E-state index in [1.807, 2.05) is 0 Å². The average Bonchev–Trinajstić information content (AvgIpc) is 2.38. The molecule has 2 aliphatic carbocycles. The lowest BCUT2D eigenvalue weighted by molar-refractivity contribution is 0.164. The quantitative estimate of drug-likeness (QED) is 0.564. The van der Waals surface area contributed by atoms with Gasteiger partial charge in [-0.05, 0) is 56.3 Å². The highest BCUT2D eigenvalue weighted by atomic mass is 79.9. The molecular formula is C16H29Br. The van der Waals surface area contributed by atoms with Gasteiger partial charge in [0.2, 0.25) is 0 Å². The maximum atomic E-state index is 3.78. The second kappa shape index (κ2) is 7.16. The summed E-state index contributed by atoms with van der Waals surface area (Å²) in [5, 5.41) is 0. The van der Waals surface area contributed by atoms with Gasteiger partial charge in [-0.25, -0.2) is 0 Å². The molecule has 0 saturated heterocycles. The van der Waals surface area contributed by atoms with Crippen molar-refractivity contribution >= 4 is 15.9 Å². The number of rotatable bonds is 4. The highest BCUT2D eigenvalue weighted by molar-refractivity contribution is 9.09. The van der Waals surface area contributed by atoms with Crippen molar-refractivity contribution < 1.29 is 0 Å². The highest BCUT2D eigenvalue weighted by Crippen LogP contribution is 2.42. The SMILES string of the molecule is CCCCC1CCC([C@H]2CC[C@H](Br)CC2)CC1. The third-order valence-corrected chi connectivity index (χ3v) is 6.14. The van der Waals surface area contributed by atoms with Crippen LogP contribution in [0.5, 0.6) is 0 Å². The molecule has 1 heteroatoms. The van der Waals surface area contributed by atoms with E-state index in [0.717, 1.165) is 22.6 Å². The minimum absolute atomic E-state index is 0.833. The van der Waals surface area contributed by atoms with Gasteiger partial charge < -0.3 is 0 Å². The van der Waals surface area contributed by atoms with Crippen LogP contribution in [0.15, 0.2) is 0 Å². The number of halogens is 1. The van der Waals surface area contributed by atoms with E-state index in [1.165, 1.54) is 44.9 Å².